The molecule has 2 heterocycles. The maximum atomic E-state index is 13.2. The fourth-order valence-electron chi connectivity index (χ4n) is 3.00. The molecule has 1 saturated carbocycles. The molecule has 6 heteroatoms. The smallest absolute Gasteiger partial charge is 0.225 e. The van der Waals surface area contributed by atoms with Crippen molar-refractivity contribution in [3.63, 3.8) is 0 Å². The average Bonchev–Trinajstić information content (AvgIpc) is 3.31. The molecule has 0 bridgehead atoms. The molecule has 1 amide bonds. The largest absolute Gasteiger partial charge is 0.356 e. The van der Waals surface area contributed by atoms with Gasteiger partial charge in [0.2, 0.25) is 5.91 Å². The molecular weight excluding hydrogens is 285 g/mol. The Morgan fingerprint density at radius 2 is 2.05 bits per heavy atom. The summed E-state index contributed by atoms with van der Waals surface area (Å²) in [6, 6.07) is 4.50. The second kappa shape index (κ2) is 5.35. The van der Waals surface area contributed by atoms with Gasteiger partial charge in [0, 0.05) is 50.1 Å². The Kier molecular flexibility index (Phi) is 3.33. The zero-order chi connectivity index (χ0) is 15.1. The van der Waals surface area contributed by atoms with E-state index in [1.807, 2.05) is 4.90 Å². The molecule has 1 saturated heterocycles. The first-order chi connectivity index (χ1) is 10.7. The average molecular weight is 303 g/mol. The summed E-state index contributed by atoms with van der Waals surface area (Å²) in [5, 5.41) is 4.92. The molecule has 0 spiro atoms. The minimum absolute atomic E-state index is 0.293. The Balaban J connectivity index is 1.40. The normalized spacial score (nSPS) is 19.8. The lowest BCUT2D eigenvalue weighted by Gasteiger charge is -2.34. The van der Waals surface area contributed by atoms with Crippen molar-refractivity contribution in [2.24, 2.45) is 5.92 Å². The van der Waals surface area contributed by atoms with Crippen LogP contribution in [0.3, 0.4) is 0 Å². The summed E-state index contributed by atoms with van der Waals surface area (Å²) in [5.74, 6) is 0.297. The standard InChI is InChI=1S/C16H18FN3O2/c17-12-3-4-13-14(18-22-15(13)9-12)10-19-5-7-20(8-6-19)16(21)11-1-2-11/h3-4,9,11H,1-2,5-8,10H2. The Labute approximate surface area is 127 Å². The molecule has 0 atom stereocenters. The third-order valence-corrected chi connectivity index (χ3v) is 4.49. The van der Waals surface area contributed by atoms with Gasteiger partial charge in [0.15, 0.2) is 5.58 Å². The van der Waals surface area contributed by atoms with Crippen LogP contribution in [-0.2, 0) is 11.3 Å². The van der Waals surface area contributed by atoms with E-state index in [1.54, 1.807) is 6.07 Å². The molecule has 2 aromatic rings. The molecule has 0 unspecified atom stereocenters. The predicted molar refractivity (Wildman–Crippen MR) is 78.5 cm³/mol. The van der Waals surface area contributed by atoms with E-state index in [4.69, 9.17) is 4.52 Å². The summed E-state index contributed by atoms with van der Waals surface area (Å²) < 4.78 is 18.3. The SMILES string of the molecule is O=C(C1CC1)N1CCN(Cc2noc3cc(F)ccc23)CC1. The topological polar surface area (TPSA) is 49.6 Å². The minimum atomic E-state index is -0.317. The molecule has 1 aromatic carbocycles. The van der Waals surface area contributed by atoms with Crippen LogP contribution in [0.4, 0.5) is 4.39 Å². The number of rotatable bonds is 3. The van der Waals surface area contributed by atoms with Crippen molar-refractivity contribution in [2.45, 2.75) is 19.4 Å². The molecule has 1 aliphatic heterocycles. The number of amides is 1. The van der Waals surface area contributed by atoms with Gasteiger partial charge in [-0.15, -0.1) is 0 Å². The quantitative estimate of drug-likeness (QED) is 0.870. The van der Waals surface area contributed by atoms with Gasteiger partial charge in [0.05, 0.1) is 0 Å². The zero-order valence-electron chi connectivity index (χ0n) is 12.3. The fourth-order valence-corrected chi connectivity index (χ4v) is 3.00. The van der Waals surface area contributed by atoms with E-state index in [-0.39, 0.29) is 5.82 Å². The summed E-state index contributed by atoms with van der Waals surface area (Å²) >= 11 is 0. The van der Waals surface area contributed by atoms with Crippen LogP contribution in [0.25, 0.3) is 11.0 Å². The van der Waals surface area contributed by atoms with Gasteiger partial charge in [-0.25, -0.2) is 4.39 Å². The number of carbonyl (C=O) groups excluding carboxylic acids is 1. The number of benzene rings is 1. The van der Waals surface area contributed by atoms with Crippen molar-refractivity contribution in [1.29, 1.82) is 0 Å². The van der Waals surface area contributed by atoms with Crippen LogP contribution in [0, 0.1) is 11.7 Å². The number of piperazine rings is 1. The number of carbonyl (C=O) groups is 1. The molecule has 116 valence electrons. The van der Waals surface area contributed by atoms with Crippen LogP contribution < -0.4 is 0 Å². The maximum Gasteiger partial charge on any atom is 0.225 e. The van der Waals surface area contributed by atoms with Gasteiger partial charge < -0.3 is 9.42 Å². The number of aromatic nitrogens is 1. The second-order valence-electron chi connectivity index (χ2n) is 6.15. The van der Waals surface area contributed by atoms with E-state index in [1.165, 1.54) is 12.1 Å². The maximum absolute atomic E-state index is 13.2. The Morgan fingerprint density at radius 3 is 2.77 bits per heavy atom. The first-order valence-corrected chi connectivity index (χ1v) is 7.75. The van der Waals surface area contributed by atoms with E-state index >= 15 is 0 Å². The van der Waals surface area contributed by atoms with Gasteiger partial charge in [0.1, 0.15) is 11.5 Å². The summed E-state index contributed by atoms with van der Waals surface area (Å²) in [6.07, 6.45) is 2.11. The number of hydrogen-bond acceptors (Lipinski definition) is 4. The fraction of sp³-hybridized carbons (Fsp3) is 0.500. The lowest BCUT2D eigenvalue weighted by molar-refractivity contribution is -0.134. The van der Waals surface area contributed by atoms with Gasteiger partial charge in [0.25, 0.3) is 0 Å². The van der Waals surface area contributed by atoms with Crippen molar-refractivity contribution >= 4 is 16.9 Å². The monoisotopic (exact) mass is 303 g/mol. The number of nitrogens with zero attached hydrogens (tertiary/aromatic N) is 3. The highest BCUT2D eigenvalue weighted by atomic mass is 19.1. The molecule has 0 radical (unpaired) electrons. The van der Waals surface area contributed by atoms with Gasteiger partial charge >= 0.3 is 0 Å². The van der Waals surface area contributed by atoms with Crippen molar-refractivity contribution in [3.8, 4) is 0 Å². The van der Waals surface area contributed by atoms with Crippen molar-refractivity contribution in [1.82, 2.24) is 15.0 Å². The van der Waals surface area contributed by atoms with E-state index in [0.717, 1.165) is 50.1 Å². The Bertz CT molecular complexity index is 702. The highest BCUT2D eigenvalue weighted by molar-refractivity contribution is 5.81. The molecule has 4 rings (SSSR count). The molecule has 0 N–H and O–H groups in total. The number of fused-ring (bicyclic) bond motifs is 1. The first kappa shape index (κ1) is 13.7. The Morgan fingerprint density at radius 1 is 1.27 bits per heavy atom. The molecule has 5 nitrogen and oxygen atoms in total. The molecule has 2 fully saturated rings. The molecule has 22 heavy (non-hydrogen) atoms. The van der Waals surface area contributed by atoms with Gasteiger partial charge in [-0.2, -0.15) is 0 Å². The van der Waals surface area contributed by atoms with E-state index < -0.39 is 0 Å². The van der Waals surface area contributed by atoms with Crippen molar-refractivity contribution in [3.05, 3.63) is 29.7 Å². The summed E-state index contributed by atoms with van der Waals surface area (Å²) in [6.45, 7) is 3.91. The van der Waals surface area contributed by atoms with Gasteiger partial charge in [-0.1, -0.05) is 5.16 Å². The van der Waals surface area contributed by atoms with Crippen LogP contribution in [-0.4, -0.2) is 47.0 Å². The highest BCUT2D eigenvalue weighted by Gasteiger charge is 2.34. The van der Waals surface area contributed by atoms with Crippen LogP contribution in [0.15, 0.2) is 22.7 Å². The summed E-state index contributed by atoms with van der Waals surface area (Å²) in [7, 11) is 0. The van der Waals surface area contributed by atoms with Crippen LogP contribution in [0.5, 0.6) is 0 Å². The number of hydrogen-bond donors (Lipinski definition) is 0. The van der Waals surface area contributed by atoms with E-state index in [0.29, 0.717) is 24.0 Å². The van der Waals surface area contributed by atoms with E-state index in [2.05, 4.69) is 10.1 Å². The molecule has 1 aliphatic carbocycles. The zero-order valence-corrected chi connectivity index (χ0v) is 12.3. The van der Waals surface area contributed by atoms with Crippen LogP contribution >= 0.6 is 0 Å². The summed E-state index contributed by atoms with van der Waals surface area (Å²) in [5.41, 5.74) is 1.31. The molecule has 2 aliphatic rings. The summed E-state index contributed by atoms with van der Waals surface area (Å²) in [4.78, 5) is 16.3. The lowest BCUT2D eigenvalue weighted by Crippen LogP contribution is -2.48. The highest BCUT2D eigenvalue weighted by Crippen LogP contribution is 2.31. The van der Waals surface area contributed by atoms with Crippen LogP contribution in [0.2, 0.25) is 0 Å². The predicted octanol–water partition coefficient (Wildman–Crippen LogP) is 2.02. The molecule has 1 aromatic heterocycles. The third kappa shape index (κ3) is 2.59. The number of halogens is 1. The first-order valence-electron chi connectivity index (χ1n) is 7.75. The van der Waals surface area contributed by atoms with Gasteiger partial charge in [-0.3, -0.25) is 9.69 Å². The third-order valence-electron chi connectivity index (χ3n) is 4.49. The van der Waals surface area contributed by atoms with E-state index in [9.17, 15) is 9.18 Å². The molecular formula is C16H18FN3O2. The van der Waals surface area contributed by atoms with Crippen molar-refractivity contribution < 1.29 is 13.7 Å². The van der Waals surface area contributed by atoms with Crippen LogP contribution in [0.1, 0.15) is 18.5 Å². The minimum Gasteiger partial charge on any atom is -0.356 e. The second-order valence-corrected chi connectivity index (χ2v) is 6.15. The Hall–Kier alpha value is -1.95. The van der Waals surface area contributed by atoms with Gasteiger partial charge in [-0.05, 0) is 25.0 Å². The van der Waals surface area contributed by atoms with Crippen molar-refractivity contribution in [2.75, 3.05) is 26.2 Å². The lowest BCUT2D eigenvalue weighted by atomic mass is 10.2.